The number of sulfonamides is 1. The number of halogens is 1. The Labute approximate surface area is 166 Å². The van der Waals surface area contributed by atoms with Gasteiger partial charge < -0.3 is 5.32 Å². The van der Waals surface area contributed by atoms with Crippen molar-refractivity contribution >= 4 is 33.2 Å². The summed E-state index contributed by atoms with van der Waals surface area (Å²) in [5.74, 6) is -0.300. The summed E-state index contributed by atoms with van der Waals surface area (Å²) in [6.45, 7) is 2.28. The van der Waals surface area contributed by atoms with Crippen LogP contribution in [-0.2, 0) is 21.2 Å². The Hall–Kier alpha value is -2.05. The zero-order valence-electron chi connectivity index (χ0n) is 15.6. The molecular formula is C20H25ClN2O3S. The molecule has 0 fully saturated rings. The van der Waals surface area contributed by atoms with Crippen LogP contribution in [0.25, 0.3) is 0 Å². The SMILES string of the molecule is CCC(C(=O)NCCCc1ccccc1)N(c1ccc(Cl)cc1)S(C)(=O)=O. The smallest absolute Gasteiger partial charge is 0.243 e. The number of benzene rings is 2. The van der Waals surface area contributed by atoms with Crippen LogP contribution in [0.5, 0.6) is 0 Å². The van der Waals surface area contributed by atoms with E-state index in [-0.39, 0.29) is 5.91 Å². The van der Waals surface area contributed by atoms with Gasteiger partial charge in [0.05, 0.1) is 11.9 Å². The number of hydrogen-bond acceptors (Lipinski definition) is 3. The molecule has 0 saturated heterocycles. The van der Waals surface area contributed by atoms with Gasteiger partial charge in [0.1, 0.15) is 6.04 Å². The quantitative estimate of drug-likeness (QED) is 0.644. The molecule has 1 N–H and O–H groups in total. The van der Waals surface area contributed by atoms with Gasteiger partial charge in [-0.05, 0) is 49.1 Å². The molecule has 2 aromatic rings. The van der Waals surface area contributed by atoms with Gasteiger partial charge in [-0.1, -0.05) is 48.9 Å². The lowest BCUT2D eigenvalue weighted by atomic mass is 10.1. The van der Waals surface area contributed by atoms with Crippen molar-refractivity contribution in [2.75, 3.05) is 17.1 Å². The maximum absolute atomic E-state index is 12.7. The normalized spacial score (nSPS) is 12.4. The number of anilines is 1. The van der Waals surface area contributed by atoms with Gasteiger partial charge in [0, 0.05) is 11.6 Å². The van der Waals surface area contributed by atoms with Crippen LogP contribution in [0.4, 0.5) is 5.69 Å². The first-order valence-electron chi connectivity index (χ1n) is 8.89. The molecule has 0 heterocycles. The molecule has 7 heteroatoms. The minimum atomic E-state index is -3.63. The third-order valence-corrected chi connectivity index (χ3v) is 5.63. The summed E-state index contributed by atoms with van der Waals surface area (Å²) in [5.41, 5.74) is 1.63. The average molecular weight is 409 g/mol. The maximum Gasteiger partial charge on any atom is 0.243 e. The van der Waals surface area contributed by atoms with Gasteiger partial charge in [0.2, 0.25) is 15.9 Å². The number of amides is 1. The molecule has 0 aliphatic carbocycles. The van der Waals surface area contributed by atoms with Crippen molar-refractivity contribution in [3.8, 4) is 0 Å². The highest BCUT2D eigenvalue weighted by atomic mass is 35.5. The number of aryl methyl sites for hydroxylation is 1. The molecule has 1 atom stereocenters. The van der Waals surface area contributed by atoms with E-state index in [1.54, 1.807) is 31.2 Å². The van der Waals surface area contributed by atoms with E-state index in [2.05, 4.69) is 5.32 Å². The second-order valence-corrected chi connectivity index (χ2v) is 8.64. The summed E-state index contributed by atoms with van der Waals surface area (Å²) in [6, 6.07) is 15.6. The summed E-state index contributed by atoms with van der Waals surface area (Å²) < 4.78 is 25.9. The van der Waals surface area contributed by atoms with Crippen molar-refractivity contribution in [2.24, 2.45) is 0 Å². The maximum atomic E-state index is 12.7. The minimum absolute atomic E-state index is 0.300. The number of carbonyl (C=O) groups is 1. The summed E-state index contributed by atoms with van der Waals surface area (Å²) >= 11 is 5.89. The molecule has 1 amide bonds. The minimum Gasteiger partial charge on any atom is -0.354 e. The highest BCUT2D eigenvalue weighted by Crippen LogP contribution is 2.24. The molecular weight excluding hydrogens is 384 g/mol. The third-order valence-electron chi connectivity index (χ3n) is 4.20. The van der Waals surface area contributed by atoms with Crippen molar-refractivity contribution in [1.29, 1.82) is 0 Å². The van der Waals surface area contributed by atoms with E-state index in [9.17, 15) is 13.2 Å². The molecule has 0 bridgehead atoms. The molecule has 1 unspecified atom stereocenters. The van der Waals surface area contributed by atoms with Crippen LogP contribution < -0.4 is 9.62 Å². The summed E-state index contributed by atoms with van der Waals surface area (Å²) in [7, 11) is -3.63. The largest absolute Gasteiger partial charge is 0.354 e. The first-order valence-corrected chi connectivity index (χ1v) is 11.1. The van der Waals surface area contributed by atoms with Crippen LogP contribution in [0.2, 0.25) is 5.02 Å². The highest BCUT2D eigenvalue weighted by molar-refractivity contribution is 7.92. The predicted octanol–water partition coefficient (Wildman–Crippen LogP) is 3.63. The molecule has 0 saturated carbocycles. The monoisotopic (exact) mass is 408 g/mol. The average Bonchev–Trinajstić information content (AvgIpc) is 2.64. The Kier molecular flexibility index (Phi) is 7.68. The Balaban J connectivity index is 2.04. The van der Waals surface area contributed by atoms with Crippen molar-refractivity contribution in [3.05, 3.63) is 65.2 Å². The Morgan fingerprint density at radius 1 is 1.11 bits per heavy atom. The topological polar surface area (TPSA) is 66.5 Å². The van der Waals surface area contributed by atoms with Crippen molar-refractivity contribution < 1.29 is 13.2 Å². The summed E-state index contributed by atoms with van der Waals surface area (Å²) in [4.78, 5) is 12.7. The van der Waals surface area contributed by atoms with Crippen molar-refractivity contribution in [2.45, 2.75) is 32.2 Å². The van der Waals surface area contributed by atoms with Crippen molar-refractivity contribution in [3.63, 3.8) is 0 Å². The van der Waals surface area contributed by atoms with Crippen molar-refractivity contribution in [1.82, 2.24) is 5.32 Å². The van der Waals surface area contributed by atoms with Crippen LogP contribution in [0, 0.1) is 0 Å². The lowest BCUT2D eigenvalue weighted by molar-refractivity contribution is -0.122. The lowest BCUT2D eigenvalue weighted by Gasteiger charge is -2.30. The number of hydrogen-bond donors (Lipinski definition) is 1. The van der Waals surface area contributed by atoms with Crippen LogP contribution in [0.3, 0.4) is 0 Å². The van der Waals surface area contributed by atoms with E-state index in [1.165, 1.54) is 5.56 Å². The molecule has 146 valence electrons. The molecule has 5 nitrogen and oxygen atoms in total. The summed E-state index contributed by atoms with van der Waals surface area (Å²) in [6.07, 6.45) is 3.10. The van der Waals surface area contributed by atoms with E-state index < -0.39 is 16.1 Å². The van der Waals surface area contributed by atoms with Gasteiger partial charge in [-0.25, -0.2) is 8.42 Å². The molecule has 0 aliphatic rings. The van der Waals surface area contributed by atoms with E-state index in [1.807, 2.05) is 30.3 Å². The molecule has 0 aliphatic heterocycles. The van der Waals surface area contributed by atoms with Crippen LogP contribution in [-0.4, -0.2) is 33.2 Å². The van der Waals surface area contributed by atoms with Crippen LogP contribution >= 0.6 is 11.6 Å². The van der Waals surface area contributed by atoms with Gasteiger partial charge >= 0.3 is 0 Å². The lowest BCUT2D eigenvalue weighted by Crippen LogP contribution is -2.49. The zero-order chi connectivity index (χ0) is 19.9. The van der Waals surface area contributed by atoms with E-state index >= 15 is 0 Å². The van der Waals surface area contributed by atoms with Gasteiger partial charge in [0.25, 0.3) is 0 Å². The van der Waals surface area contributed by atoms with Gasteiger partial charge in [-0.3, -0.25) is 9.10 Å². The fourth-order valence-corrected chi connectivity index (χ4v) is 4.25. The molecule has 27 heavy (non-hydrogen) atoms. The van der Waals surface area contributed by atoms with Crippen LogP contribution in [0.1, 0.15) is 25.3 Å². The van der Waals surface area contributed by atoms with Gasteiger partial charge in [-0.15, -0.1) is 0 Å². The Morgan fingerprint density at radius 2 is 1.74 bits per heavy atom. The highest BCUT2D eigenvalue weighted by Gasteiger charge is 2.31. The fourth-order valence-electron chi connectivity index (χ4n) is 2.91. The fraction of sp³-hybridized carbons (Fsp3) is 0.350. The van der Waals surface area contributed by atoms with E-state index in [0.29, 0.717) is 23.7 Å². The molecule has 0 spiro atoms. The second-order valence-electron chi connectivity index (χ2n) is 6.34. The van der Waals surface area contributed by atoms with E-state index in [0.717, 1.165) is 23.4 Å². The molecule has 0 aromatic heterocycles. The van der Waals surface area contributed by atoms with E-state index in [4.69, 9.17) is 11.6 Å². The first kappa shape index (κ1) is 21.3. The Bertz CT molecular complexity index is 839. The van der Waals surface area contributed by atoms with Gasteiger partial charge in [0.15, 0.2) is 0 Å². The third kappa shape index (κ3) is 6.26. The second kappa shape index (κ2) is 9.76. The number of nitrogens with zero attached hydrogens (tertiary/aromatic N) is 1. The summed E-state index contributed by atoms with van der Waals surface area (Å²) in [5, 5.41) is 3.37. The molecule has 2 aromatic carbocycles. The first-order chi connectivity index (χ1) is 12.8. The number of rotatable bonds is 9. The molecule has 2 rings (SSSR count). The number of carbonyl (C=O) groups excluding carboxylic acids is 1. The van der Waals surface area contributed by atoms with Gasteiger partial charge in [-0.2, -0.15) is 0 Å². The predicted molar refractivity (Wildman–Crippen MR) is 111 cm³/mol. The standard InChI is InChI=1S/C20H25ClN2O3S/c1-3-19(20(24)22-15-7-10-16-8-5-4-6-9-16)23(27(2,25)26)18-13-11-17(21)12-14-18/h4-6,8-9,11-14,19H,3,7,10,15H2,1-2H3,(H,22,24). The zero-order valence-corrected chi connectivity index (χ0v) is 17.1. The van der Waals surface area contributed by atoms with Crippen LogP contribution in [0.15, 0.2) is 54.6 Å². The number of nitrogens with one attached hydrogen (secondary N) is 1. The Morgan fingerprint density at radius 3 is 2.30 bits per heavy atom. The molecule has 0 radical (unpaired) electrons.